The quantitative estimate of drug-likeness (QED) is 0.806. The Bertz CT molecular complexity index is 865. The summed E-state index contributed by atoms with van der Waals surface area (Å²) < 4.78 is 46.3. The molecule has 1 saturated heterocycles. The Morgan fingerprint density at radius 1 is 1.12 bits per heavy atom. The summed E-state index contributed by atoms with van der Waals surface area (Å²) in [5.74, 6) is 0.469. The summed E-state index contributed by atoms with van der Waals surface area (Å²) in [6.07, 6.45) is 2.68. The molecule has 0 radical (unpaired) electrons. The smallest absolute Gasteiger partial charge is 0.243 e. The zero-order chi connectivity index (χ0) is 18.7. The Morgan fingerprint density at radius 3 is 2.50 bits per heavy atom. The van der Waals surface area contributed by atoms with Crippen molar-refractivity contribution in [2.75, 3.05) is 20.2 Å². The molecule has 6 heteroatoms. The van der Waals surface area contributed by atoms with Crippen molar-refractivity contribution in [3.63, 3.8) is 0 Å². The number of aryl methyl sites for hydroxylation is 1. The molecule has 0 spiro atoms. The molecule has 0 aliphatic carbocycles. The van der Waals surface area contributed by atoms with Gasteiger partial charge in [-0.05, 0) is 67.1 Å². The summed E-state index contributed by atoms with van der Waals surface area (Å²) in [7, 11) is -2.01. The van der Waals surface area contributed by atoms with Crippen LogP contribution in [0.15, 0.2) is 47.4 Å². The molecular formula is C20H24FNO3S. The number of rotatable bonds is 4. The lowest BCUT2D eigenvalue weighted by atomic mass is 9.95. The zero-order valence-electron chi connectivity index (χ0n) is 15.1. The molecule has 0 N–H and O–H groups in total. The van der Waals surface area contributed by atoms with Crippen LogP contribution in [-0.4, -0.2) is 32.9 Å². The maximum atomic E-state index is 13.2. The van der Waals surface area contributed by atoms with Gasteiger partial charge < -0.3 is 4.74 Å². The number of hydrogen-bond acceptors (Lipinski definition) is 3. The lowest BCUT2D eigenvalue weighted by Crippen LogP contribution is -2.34. The van der Waals surface area contributed by atoms with Crippen LogP contribution in [-0.2, 0) is 10.0 Å². The van der Waals surface area contributed by atoms with E-state index in [1.165, 1.54) is 12.1 Å². The minimum Gasteiger partial charge on any atom is -0.496 e. The monoisotopic (exact) mass is 377 g/mol. The Hall–Kier alpha value is -1.92. The van der Waals surface area contributed by atoms with Crippen molar-refractivity contribution in [2.24, 2.45) is 0 Å². The minimum absolute atomic E-state index is 0.0761. The average molecular weight is 377 g/mol. The molecular weight excluding hydrogens is 353 g/mol. The van der Waals surface area contributed by atoms with Gasteiger partial charge in [-0.25, -0.2) is 12.8 Å². The van der Waals surface area contributed by atoms with Crippen LogP contribution in [0.1, 0.15) is 36.3 Å². The summed E-state index contributed by atoms with van der Waals surface area (Å²) in [5, 5.41) is 0. The molecule has 1 aliphatic rings. The fourth-order valence-corrected chi connectivity index (χ4v) is 5.10. The summed E-state index contributed by atoms with van der Waals surface area (Å²) in [6.45, 7) is 2.76. The van der Waals surface area contributed by atoms with Gasteiger partial charge in [-0.3, -0.25) is 0 Å². The lowest BCUT2D eigenvalue weighted by Gasteiger charge is -2.24. The van der Waals surface area contributed by atoms with E-state index in [9.17, 15) is 12.8 Å². The van der Waals surface area contributed by atoms with Gasteiger partial charge in [-0.15, -0.1) is 0 Å². The molecule has 1 atom stereocenters. The van der Waals surface area contributed by atoms with Gasteiger partial charge in [-0.2, -0.15) is 4.31 Å². The van der Waals surface area contributed by atoms with E-state index in [-0.39, 0.29) is 16.6 Å². The van der Waals surface area contributed by atoms with E-state index in [4.69, 9.17) is 4.74 Å². The van der Waals surface area contributed by atoms with E-state index in [1.54, 1.807) is 41.7 Å². The highest BCUT2D eigenvalue weighted by Gasteiger charge is 2.29. The van der Waals surface area contributed by atoms with Crippen LogP contribution >= 0.6 is 0 Å². The maximum absolute atomic E-state index is 13.2. The molecule has 0 bridgehead atoms. The van der Waals surface area contributed by atoms with Gasteiger partial charge >= 0.3 is 0 Å². The van der Waals surface area contributed by atoms with Crippen LogP contribution in [0.5, 0.6) is 5.75 Å². The average Bonchev–Trinajstić information content (AvgIpc) is 2.89. The molecule has 140 valence electrons. The van der Waals surface area contributed by atoms with Crippen molar-refractivity contribution in [3.05, 3.63) is 59.4 Å². The van der Waals surface area contributed by atoms with Crippen molar-refractivity contribution in [1.82, 2.24) is 4.31 Å². The molecule has 1 fully saturated rings. The molecule has 0 aromatic heterocycles. The van der Waals surface area contributed by atoms with Crippen LogP contribution < -0.4 is 4.74 Å². The maximum Gasteiger partial charge on any atom is 0.243 e. The van der Waals surface area contributed by atoms with Gasteiger partial charge in [-0.1, -0.05) is 18.6 Å². The first kappa shape index (κ1) is 18.9. The third-order valence-electron chi connectivity index (χ3n) is 4.98. The summed E-state index contributed by atoms with van der Waals surface area (Å²) in [6, 6.07) is 11.3. The van der Waals surface area contributed by atoms with E-state index in [2.05, 4.69) is 0 Å². The number of benzene rings is 2. The van der Waals surface area contributed by atoms with Crippen LogP contribution in [0.3, 0.4) is 0 Å². The summed E-state index contributed by atoms with van der Waals surface area (Å²) >= 11 is 0. The zero-order valence-corrected chi connectivity index (χ0v) is 15.9. The topological polar surface area (TPSA) is 46.6 Å². The van der Waals surface area contributed by atoms with Crippen LogP contribution in [0.25, 0.3) is 0 Å². The summed E-state index contributed by atoms with van der Waals surface area (Å²) in [4.78, 5) is 0.288. The van der Waals surface area contributed by atoms with Gasteiger partial charge in [0.15, 0.2) is 0 Å². The van der Waals surface area contributed by atoms with Gasteiger partial charge in [0.05, 0.1) is 12.0 Å². The molecule has 0 amide bonds. The molecule has 0 saturated carbocycles. The van der Waals surface area contributed by atoms with Gasteiger partial charge in [0, 0.05) is 13.1 Å². The van der Waals surface area contributed by atoms with E-state index in [0.717, 1.165) is 30.4 Å². The Balaban J connectivity index is 1.88. The Morgan fingerprint density at radius 2 is 1.85 bits per heavy atom. The van der Waals surface area contributed by atoms with Crippen LogP contribution in [0, 0.1) is 12.7 Å². The number of nitrogens with zero attached hydrogens (tertiary/aromatic N) is 1. The lowest BCUT2D eigenvalue weighted by molar-refractivity contribution is 0.404. The molecule has 3 rings (SSSR count). The van der Waals surface area contributed by atoms with Crippen molar-refractivity contribution in [2.45, 2.75) is 37.0 Å². The first-order valence-electron chi connectivity index (χ1n) is 8.82. The molecule has 1 heterocycles. The molecule has 1 aliphatic heterocycles. The van der Waals surface area contributed by atoms with Crippen molar-refractivity contribution in [3.8, 4) is 5.75 Å². The van der Waals surface area contributed by atoms with E-state index in [0.29, 0.717) is 18.8 Å². The van der Waals surface area contributed by atoms with Crippen LogP contribution in [0.2, 0.25) is 0 Å². The van der Waals surface area contributed by atoms with Crippen molar-refractivity contribution < 1.29 is 17.5 Å². The number of hydrogen-bond donors (Lipinski definition) is 0. The molecule has 2 aromatic rings. The normalized spacial score (nSPS) is 19.1. The van der Waals surface area contributed by atoms with Gasteiger partial charge in [0.2, 0.25) is 10.0 Å². The predicted molar refractivity (Wildman–Crippen MR) is 99.5 cm³/mol. The van der Waals surface area contributed by atoms with E-state index >= 15 is 0 Å². The van der Waals surface area contributed by atoms with E-state index in [1.807, 2.05) is 6.92 Å². The van der Waals surface area contributed by atoms with Gasteiger partial charge in [0.1, 0.15) is 11.6 Å². The third-order valence-corrected chi connectivity index (χ3v) is 6.84. The first-order chi connectivity index (χ1) is 12.4. The highest BCUT2D eigenvalue weighted by Crippen LogP contribution is 2.31. The fourth-order valence-electron chi connectivity index (χ4n) is 3.49. The summed E-state index contributed by atoms with van der Waals surface area (Å²) in [5.41, 5.74) is 1.78. The highest BCUT2D eigenvalue weighted by atomic mass is 32.2. The molecule has 4 nitrogen and oxygen atoms in total. The number of halogens is 1. The largest absolute Gasteiger partial charge is 0.496 e. The fraction of sp³-hybridized carbons (Fsp3) is 0.400. The Kier molecular flexibility index (Phi) is 5.63. The molecule has 2 aromatic carbocycles. The minimum atomic E-state index is -3.58. The van der Waals surface area contributed by atoms with Crippen LogP contribution in [0.4, 0.5) is 4.39 Å². The first-order valence-corrected chi connectivity index (χ1v) is 10.3. The third kappa shape index (κ3) is 3.91. The van der Waals surface area contributed by atoms with Crippen molar-refractivity contribution in [1.29, 1.82) is 0 Å². The predicted octanol–water partition coefficient (Wildman–Crippen LogP) is 4.10. The highest BCUT2D eigenvalue weighted by molar-refractivity contribution is 7.89. The van der Waals surface area contributed by atoms with Gasteiger partial charge in [0.25, 0.3) is 0 Å². The SMILES string of the molecule is COc1ccc(S(=O)(=O)N2CCCCC(c3ccc(F)cc3)C2)cc1C. The Labute approximate surface area is 154 Å². The molecule has 1 unspecified atom stereocenters. The second kappa shape index (κ2) is 7.76. The number of methoxy groups -OCH3 is 1. The molecule has 26 heavy (non-hydrogen) atoms. The second-order valence-corrected chi connectivity index (χ2v) is 8.68. The number of sulfonamides is 1. The standard InChI is InChI=1S/C20H24FNO3S/c1-15-13-19(10-11-20(15)25-2)26(23,24)22-12-4-3-5-17(14-22)16-6-8-18(21)9-7-16/h6-11,13,17H,3-5,12,14H2,1-2H3. The second-order valence-electron chi connectivity index (χ2n) is 6.74. The van der Waals surface area contributed by atoms with Crippen molar-refractivity contribution >= 4 is 10.0 Å². The number of ether oxygens (including phenoxy) is 1. The van der Waals surface area contributed by atoms with E-state index < -0.39 is 10.0 Å².